The van der Waals surface area contributed by atoms with Crippen LogP contribution in [0.5, 0.6) is 0 Å². The van der Waals surface area contributed by atoms with Gasteiger partial charge in [-0.1, -0.05) is 13.8 Å². The third-order valence-corrected chi connectivity index (χ3v) is 7.34. The molecule has 7 heteroatoms. The number of rotatable bonds is 8. The second-order valence-corrected chi connectivity index (χ2v) is 9.79. The molecule has 0 saturated carbocycles. The fourth-order valence-corrected chi connectivity index (χ4v) is 5.53. The monoisotopic (exact) mass is 373 g/mol. The number of amides is 1. The number of hydrogen-bond donors (Lipinski definition) is 1. The summed E-state index contributed by atoms with van der Waals surface area (Å²) in [5.41, 5.74) is 0. The molecule has 1 N–H and O–H groups in total. The van der Waals surface area contributed by atoms with Crippen molar-refractivity contribution in [1.82, 2.24) is 14.5 Å². The van der Waals surface area contributed by atoms with Crippen LogP contribution in [0.4, 0.5) is 0 Å². The van der Waals surface area contributed by atoms with E-state index in [1.807, 2.05) is 6.92 Å². The predicted molar refractivity (Wildman–Crippen MR) is 101 cm³/mol. The molecule has 2 aliphatic rings. The Bertz CT molecular complexity index is 524. The zero-order valence-electron chi connectivity index (χ0n) is 15.9. The van der Waals surface area contributed by atoms with Gasteiger partial charge >= 0.3 is 0 Å². The minimum Gasteiger partial charge on any atom is -0.356 e. The number of piperidine rings is 2. The quantitative estimate of drug-likeness (QED) is 0.657. The summed E-state index contributed by atoms with van der Waals surface area (Å²) < 4.78 is 25.9. The van der Waals surface area contributed by atoms with Gasteiger partial charge in [-0.3, -0.25) is 4.79 Å². The van der Waals surface area contributed by atoms with Crippen molar-refractivity contribution < 1.29 is 13.2 Å². The lowest BCUT2D eigenvalue weighted by molar-refractivity contribution is -0.126. The second-order valence-electron chi connectivity index (χ2n) is 7.71. The van der Waals surface area contributed by atoms with Crippen molar-refractivity contribution in [3.8, 4) is 0 Å². The zero-order chi connectivity index (χ0) is 18.3. The van der Waals surface area contributed by atoms with Gasteiger partial charge < -0.3 is 10.2 Å². The molecule has 6 nitrogen and oxygen atoms in total. The Morgan fingerprint density at radius 1 is 1.16 bits per heavy atom. The summed E-state index contributed by atoms with van der Waals surface area (Å²) in [6, 6.07) is 0. The summed E-state index contributed by atoms with van der Waals surface area (Å²) in [7, 11) is -3.20. The minimum atomic E-state index is -3.20. The van der Waals surface area contributed by atoms with Gasteiger partial charge in [-0.25, -0.2) is 12.7 Å². The van der Waals surface area contributed by atoms with E-state index < -0.39 is 10.0 Å². The van der Waals surface area contributed by atoms with E-state index in [4.69, 9.17) is 0 Å². The van der Waals surface area contributed by atoms with E-state index >= 15 is 0 Å². The van der Waals surface area contributed by atoms with Gasteiger partial charge in [0, 0.05) is 26.2 Å². The van der Waals surface area contributed by atoms with E-state index in [1.165, 1.54) is 30.2 Å². The van der Waals surface area contributed by atoms with Gasteiger partial charge in [0.2, 0.25) is 15.9 Å². The van der Waals surface area contributed by atoms with Crippen LogP contribution in [-0.4, -0.2) is 68.6 Å². The zero-order valence-corrected chi connectivity index (χ0v) is 16.7. The average molecular weight is 374 g/mol. The van der Waals surface area contributed by atoms with Crippen molar-refractivity contribution in [3.05, 3.63) is 0 Å². The van der Waals surface area contributed by atoms with Crippen molar-refractivity contribution in [2.45, 2.75) is 52.4 Å². The Kier molecular flexibility index (Phi) is 8.16. The molecule has 0 aromatic carbocycles. The smallest absolute Gasteiger partial charge is 0.224 e. The molecule has 0 spiro atoms. The third kappa shape index (κ3) is 6.53. The van der Waals surface area contributed by atoms with Gasteiger partial charge in [-0.15, -0.1) is 0 Å². The highest BCUT2D eigenvalue weighted by molar-refractivity contribution is 7.89. The number of sulfonamides is 1. The van der Waals surface area contributed by atoms with E-state index in [9.17, 15) is 13.2 Å². The lowest BCUT2D eigenvalue weighted by Crippen LogP contribution is -2.46. The lowest BCUT2D eigenvalue weighted by Gasteiger charge is -2.32. The van der Waals surface area contributed by atoms with Crippen molar-refractivity contribution in [2.75, 3.05) is 45.0 Å². The van der Waals surface area contributed by atoms with E-state index in [0.717, 1.165) is 31.7 Å². The highest BCUT2D eigenvalue weighted by Crippen LogP contribution is 2.20. The summed E-state index contributed by atoms with van der Waals surface area (Å²) in [6.45, 7) is 9.13. The normalized spacial score (nSPS) is 26.5. The number of likely N-dealkylation sites (tertiary alicyclic amines) is 1. The Morgan fingerprint density at radius 3 is 2.64 bits per heavy atom. The summed E-state index contributed by atoms with van der Waals surface area (Å²) in [5, 5.41) is 3.02. The van der Waals surface area contributed by atoms with Gasteiger partial charge in [0.15, 0.2) is 0 Å². The molecule has 0 aromatic rings. The maximum absolute atomic E-state index is 12.4. The first-order valence-electron chi connectivity index (χ1n) is 9.90. The first kappa shape index (κ1) is 20.6. The molecule has 2 rings (SSSR count). The van der Waals surface area contributed by atoms with Crippen LogP contribution >= 0.6 is 0 Å². The molecule has 0 aromatic heterocycles. The molecule has 0 bridgehead atoms. The fourth-order valence-electron chi connectivity index (χ4n) is 3.94. The molecule has 2 fully saturated rings. The number of carbonyl (C=O) groups excluding carboxylic acids is 1. The molecule has 0 radical (unpaired) electrons. The Morgan fingerprint density at radius 2 is 1.92 bits per heavy atom. The number of nitrogens with zero attached hydrogens (tertiary/aromatic N) is 2. The van der Waals surface area contributed by atoms with Gasteiger partial charge in [0.05, 0.1) is 11.7 Å². The Labute approximate surface area is 153 Å². The van der Waals surface area contributed by atoms with E-state index in [2.05, 4.69) is 17.1 Å². The molecule has 2 saturated heterocycles. The Hall–Kier alpha value is -0.660. The predicted octanol–water partition coefficient (Wildman–Crippen LogP) is 1.68. The van der Waals surface area contributed by atoms with E-state index in [-0.39, 0.29) is 17.6 Å². The lowest BCUT2D eigenvalue weighted by atomic mass is 9.99. The van der Waals surface area contributed by atoms with Gasteiger partial charge in [-0.05, 0) is 57.5 Å². The largest absolute Gasteiger partial charge is 0.356 e. The standard InChI is InChI=1S/C18H35N3O3S/c1-3-13-25(23,24)21-12-5-8-17(15-21)18(22)19-9-6-11-20-10-4-7-16(2)14-20/h16-17H,3-15H2,1-2H3,(H,19,22)/t16-,17-/m0/s1. The molecule has 0 unspecified atom stereocenters. The molecule has 1 amide bonds. The summed E-state index contributed by atoms with van der Waals surface area (Å²) in [4.78, 5) is 14.9. The number of carbonyl (C=O) groups is 1. The van der Waals surface area contributed by atoms with Gasteiger partial charge in [0.25, 0.3) is 0 Å². The van der Waals surface area contributed by atoms with Crippen molar-refractivity contribution in [1.29, 1.82) is 0 Å². The van der Waals surface area contributed by atoms with E-state index in [1.54, 1.807) is 0 Å². The topological polar surface area (TPSA) is 69.7 Å². The third-order valence-electron chi connectivity index (χ3n) is 5.30. The highest BCUT2D eigenvalue weighted by Gasteiger charge is 2.31. The molecule has 146 valence electrons. The average Bonchev–Trinajstić information content (AvgIpc) is 2.59. The SMILES string of the molecule is CCCS(=O)(=O)N1CCC[C@H](C(=O)NCCCN2CCC[C@H](C)C2)C1. The van der Waals surface area contributed by atoms with E-state index in [0.29, 0.717) is 26.1 Å². The molecular formula is C18H35N3O3S. The van der Waals surface area contributed by atoms with Crippen molar-refractivity contribution in [2.24, 2.45) is 11.8 Å². The van der Waals surface area contributed by atoms with Crippen LogP contribution in [0.1, 0.15) is 52.4 Å². The van der Waals surface area contributed by atoms with Crippen LogP contribution in [0.15, 0.2) is 0 Å². The summed E-state index contributed by atoms with van der Waals surface area (Å²) in [5.74, 6) is 0.774. The summed E-state index contributed by atoms with van der Waals surface area (Å²) in [6.07, 6.45) is 5.73. The van der Waals surface area contributed by atoms with Gasteiger partial charge in [0.1, 0.15) is 0 Å². The van der Waals surface area contributed by atoms with Crippen LogP contribution in [0.25, 0.3) is 0 Å². The highest BCUT2D eigenvalue weighted by atomic mass is 32.2. The second kappa shape index (κ2) is 9.88. The minimum absolute atomic E-state index is 0.0170. The Balaban J connectivity index is 1.69. The van der Waals surface area contributed by atoms with Crippen molar-refractivity contribution in [3.63, 3.8) is 0 Å². The summed E-state index contributed by atoms with van der Waals surface area (Å²) >= 11 is 0. The fraction of sp³-hybridized carbons (Fsp3) is 0.944. The van der Waals surface area contributed by atoms with Crippen LogP contribution < -0.4 is 5.32 Å². The van der Waals surface area contributed by atoms with Crippen LogP contribution in [0, 0.1) is 11.8 Å². The molecular weight excluding hydrogens is 338 g/mol. The molecule has 2 heterocycles. The van der Waals surface area contributed by atoms with Crippen molar-refractivity contribution >= 4 is 15.9 Å². The maximum Gasteiger partial charge on any atom is 0.224 e. The molecule has 2 aliphatic heterocycles. The number of hydrogen-bond acceptors (Lipinski definition) is 4. The molecule has 2 atom stereocenters. The van der Waals surface area contributed by atoms with Crippen LogP contribution in [-0.2, 0) is 14.8 Å². The first-order valence-corrected chi connectivity index (χ1v) is 11.5. The molecule has 25 heavy (non-hydrogen) atoms. The van der Waals surface area contributed by atoms with Crippen LogP contribution in [0.3, 0.4) is 0 Å². The molecule has 0 aliphatic carbocycles. The number of nitrogens with one attached hydrogen (secondary N) is 1. The maximum atomic E-state index is 12.4. The van der Waals surface area contributed by atoms with Gasteiger partial charge in [-0.2, -0.15) is 0 Å². The van der Waals surface area contributed by atoms with Crippen LogP contribution in [0.2, 0.25) is 0 Å². The first-order chi connectivity index (χ1) is 11.9.